The summed E-state index contributed by atoms with van der Waals surface area (Å²) in [6, 6.07) is 12.0. The monoisotopic (exact) mass is 374 g/mol. The smallest absolute Gasteiger partial charge is 0.263 e. The Balaban J connectivity index is 1.60. The number of nitrogens with one attached hydrogen (secondary N) is 1. The number of nitrogens with zero attached hydrogens (tertiary/aromatic N) is 3. The summed E-state index contributed by atoms with van der Waals surface area (Å²) in [4.78, 5) is 43.1. The van der Waals surface area contributed by atoms with Crippen LogP contribution in [0.25, 0.3) is 0 Å². The topological polar surface area (TPSA) is 84.3 Å². The van der Waals surface area contributed by atoms with Crippen LogP contribution in [0.5, 0.6) is 0 Å². The fourth-order valence-corrected chi connectivity index (χ4v) is 3.28. The minimum absolute atomic E-state index is 0.0637. The Morgan fingerprint density at radius 1 is 1.14 bits per heavy atom. The predicted octanol–water partition coefficient (Wildman–Crippen LogP) is 2.24. The molecule has 4 rings (SSSR count). The number of aryl methyl sites for hydroxylation is 1. The number of benzene rings is 1. The third kappa shape index (κ3) is 3.18. The zero-order valence-corrected chi connectivity index (χ0v) is 15.3. The molecule has 1 N–H and O–H groups in total. The second kappa shape index (κ2) is 7.11. The number of amides is 2. The van der Waals surface area contributed by atoms with E-state index in [1.54, 1.807) is 54.7 Å². The van der Waals surface area contributed by atoms with Crippen LogP contribution in [0.15, 0.2) is 65.8 Å². The van der Waals surface area contributed by atoms with Gasteiger partial charge in [0.2, 0.25) is 0 Å². The highest BCUT2D eigenvalue weighted by molar-refractivity contribution is 6.08. The lowest BCUT2D eigenvalue weighted by Crippen LogP contribution is -2.29. The van der Waals surface area contributed by atoms with Gasteiger partial charge in [-0.3, -0.25) is 19.4 Å². The van der Waals surface area contributed by atoms with Crippen molar-refractivity contribution in [2.45, 2.75) is 6.42 Å². The number of hydrogen-bond donors (Lipinski definition) is 1. The first-order valence-corrected chi connectivity index (χ1v) is 8.86. The molecule has 0 radical (unpaired) electrons. The average molecular weight is 374 g/mol. The van der Waals surface area contributed by atoms with Crippen molar-refractivity contribution in [1.82, 2.24) is 9.55 Å². The van der Waals surface area contributed by atoms with Crippen LogP contribution < -0.4 is 15.8 Å². The Bertz CT molecular complexity index is 1120. The zero-order chi connectivity index (χ0) is 19.7. The standard InChI is InChI=1S/C21H18N4O3/c1-24-10-3-5-17(21(24)28)19(26)23-16-7-6-14-8-11-25(18(14)12-16)20(27)15-4-2-9-22-13-15/h2-7,9-10,12-13H,8,11H2,1H3,(H,23,26). The first-order valence-electron chi connectivity index (χ1n) is 8.86. The van der Waals surface area contributed by atoms with Crippen LogP contribution in [-0.4, -0.2) is 27.9 Å². The van der Waals surface area contributed by atoms with Crippen LogP contribution in [0.3, 0.4) is 0 Å². The normalized spacial score (nSPS) is 12.5. The summed E-state index contributed by atoms with van der Waals surface area (Å²) >= 11 is 0. The molecule has 0 bridgehead atoms. The molecule has 7 heteroatoms. The lowest BCUT2D eigenvalue weighted by molar-refractivity contribution is 0.0987. The molecule has 3 aromatic rings. The molecule has 1 aromatic carbocycles. The minimum Gasteiger partial charge on any atom is -0.322 e. The van der Waals surface area contributed by atoms with Crippen molar-refractivity contribution in [2.75, 3.05) is 16.8 Å². The average Bonchev–Trinajstić information content (AvgIpc) is 3.13. The minimum atomic E-state index is -0.482. The molecule has 0 saturated carbocycles. The van der Waals surface area contributed by atoms with Crippen LogP contribution in [0.1, 0.15) is 26.3 Å². The molecule has 0 unspecified atom stereocenters. The van der Waals surface area contributed by atoms with Gasteiger partial charge in [-0.1, -0.05) is 6.07 Å². The number of carbonyl (C=O) groups is 2. The molecule has 2 amide bonds. The van der Waals surface area contributed by atoms with Crippen LogP contribution >= 0.6 is 0 Å². The van der Waals surface area contributed by atoms with Crippen molar-refractivity contribution in [3.8, 4) is 0 Å². The molecular formula is C21H18N4O3. The van der Waals surface area contributed by atoms with E-state index in [-0.39, 0.29) is 17.0 Å². The highest BCUT2D eigenvalue weighted by Gasteiger charge is 2.26. The molecule has 1 aliphatic rings. The van der Waals surface area contributed by atoms with Gasteiger partial charge in [-0.05, 0) is 48.4 Å². The molecule has 7 nitrogen and oxygen atoms in total. The van der Waals surface area contributed by atoms with Crippen molar-refractivity contribution in [3.63, 3.8) is 0 Å². The summed E-state index contributed by atoms with van der Waals surface area (Å²) in [6.45, 7) is 0.569. The van der Waals surface area contributed by atoms with Crippen molar-refractivity contribution in [3.05, 3.63) is 88.1 Å². The van der Waals surface area contributed by atoms with Crippen LogP contribution in [0.4, 0.5) is 11.4 Å². The lowest BCUT2D eigenvalue weighted by Gasteiger charge is -2.18. The third-order valence-electron chi connectivity index (χ3n) is 4.76. The second-order valence-corrected chi connectivity index (χ2v) is 6.58. The summed E-state index contributed by atoms with van der Waals surface area (Å²) in [7, 11) is 1.59. The van der Waals surface area contributed by atoms with Crippen molar-refractivity contribution in [1.29, 1.82) is 0 Å². The number of rotatable bonds is 3. The van der Waals surface area contributed by atoms with E-state index in [1.165, 1.54) is 16.8 Å². The van der Waals surface area contributed by atoms with Crippen molar-refractivity contribution < 1.29 is 9.59 Å². The summed E-state index contributed by atoms with van der Waals surface area (Å²) in [6.07, 6.45) is 5.50. The van der Waals surface area contributed by atoms with E-state index in [0.717, 1.165) is 17.7 Å². The fourth-order valence-electron chi connectivity index (χ4n) is 3.28. The fraction of sp³-hybridized carbons (Fsp3) is 0.143. The number of aromatic nitrogens is 2. The van der Waals surface area contributed by atoms with Gasteiger partial charge in [0.15, 0.2) is 0 Å². The zero-order valence-electron chi connectivity index (χ0n) is 15.3. The first kappa shape index (κ1) is 17.7. The Labute approximate surface area is 161 Å². The van der Waals surface area contributed by atoms with E-state index in [9.17, 15) is 14.4 Å². The van der Waals surface area contributed by atoms with E-state index in [2.05, 4.69) is 10.3 Å². The van der Waals surface area contributed by atoms with Crippen molar-refractivity contribution >= 4 is 23.2 Å². The summed E-state index contributed by atoms with van der Waals surface area (Å²) in [5.74, 6) is -0.614. The Morgan fingerprint density at radius 2 is 2.00 bits per heavy atom. The number of hydrogen-bond acceptors (Lipinski definition) is 4. The maximum absolute atomic E-state index is 12.8. The summed E-state index contributed by atoms with van der Waals surface area (Å²) < 4.78 is 1.35. The van der Waals surface area contributed by atoms with Crippen LogP contribution in [0, 0.1) is 0 Å². The van der Waals surface area contributed by atoms with Gasteiger partial charge in [0.05, 0.1) is 5.56 Å². The van der Waals surface area contributed by atoms with Gasteiger partial charge < -0.3 is 14.8 Å². The molecule has 0 spiro atoms. The van der Waals surface area contributed by atoms with Gasteiger partial charge in [-0.25, -0.2) is 0 Å². The highest BCUT2D eigenvalue weighted by atomic mass is 16.2. The van der Waals surface area contributed by atoms with E-state index in [0.29, 0.717) is 17.8 Å². The quantitative estimate of drug-likeness (QED) is 0.762. The maximum atomic E-state index is 12.8. The molecule has 0 fully saturated rings. The molecule has 0 saturated heterocycles. The molecule has 3 heterocycles. The van der Waals surface area contributed by atoms with E-state index in [4.69, 9.17) is 0 Å². The summed E-state index contributed by atoms with van der Waals surface area (Å²) in [5, 5.41) is 2.75. The number of pyridine rings is 2. The maximum Gasteiger partial charge on any atom is 0.263 e. The van der Waals surface area contributed by atoms with E-state index >= 15 is 0 Å². The Kier molecular flexibility index (Phi) is 4.49. The van der Waals surface area contributed by atoms with Gasteiger partial charge >= 0.3 is 0 Å². The highest BCUT2D eigenvalue weighted by Crippen LogP contribution is 2.32. The first-order chi connectivity index (χ1) is 13.5. The number of carbonyl (C=O) groups excluding carboxylic acids is 2. The largest absolute Gasteiger partial charge is 0.322 e. The molecule has 0 aliphatic carbocycles. The third-order valence-corrected chi connectivity index (χ3v) is 4.76. The molecule has 28 heavy (non-hydrogen) atoms. The molecule has 2 aromatic heterocycles. The van der Waals surface area contributed by atoms with Gasteiger partial charge in [0, 0.05) is 43.6 Å². The Hall–Kier alpha value is -3.74. The van der Waals surface area contributed by atoms with Gasteiger partial charge in [0.25, 0.3) is 17.4 Å². The van der Waals surface area contributed by atoms with Gasteiger partial charge in [-0.2, -0.15) is 0 Å². The van der Waals surface area contributed by atoms with Crippen LogP contribution in [-0.2, 0) is 13.5 Å². The number of anilines is 2. The lowest BCUT2D eigenvalue weighted by atomic mass is 10.1. The second-order valence-electron chi connectivity index (χ2n) is 6.58. The molecular weight excluding hydrogens is 356 g/mol. The van der Waals surface area contributed by atoms with Crippen LogP contribution in [0.2, 0.25) is 0 Å². The van der Waals surface area contributed by atoms with Crippen molar-refractivity contribution in [2.24, 2.45) is 7.05 Å². The van der Waals surface area contributed by atoms with Gasteiger partial charge in [-0.15, -0.1) is 0 Å². The predicted molar refractivity (Wildman–Crippen MR) is 106 cm³/mol. The SMILES string of the molecule is Cn1cccc(C(=O)Nc2ccc3c(c2)N(C(=O)c2cccnc2)CC3)c1=O. The van der Waals surface area contributed by atoms with E-state index in [1.807, 2.05) is 6.07 Å². The molecule has 0 atom stereocenters. The van der Waals surface area contributed by atoms with E-state index < -0.39 is 5.91 Å². The molecule has 140 valence electrons. The summed E-state index contributed by atoms with van der Waals surface area (Å²) in [5.41, 5.74) is 2.53. The van der Waals surface area contributed by atoms with Gasteiger partial charge in [0.1, 0.15) is 5.56 Å². The molecule has 1 aliphatic heterocycles. The number of fused-ring (bicyclic) bond motifs is 1. The Morgan fingerprint density at radius 3 is 2.79 bits per heavy atom.